The van der Waals surface area contributed by atoms with Crippen molar-refractivity contribution < 1.29 is 17.8 Å². The molecule has 0 saturated carbocycles. The summed E-state index contributed by atoms with van der Waals surface area (Å²) in [5.41, 5.74) is 0. The molecule has 0 spiro atoms. The van der Waals surface area contributed by atoms with E-state index in [1.807, 2.05) is 0 Å². The molecule has 0 saturated heterocycles. The van der Waals surface area contributed by atoms with Gasteiger partial charge in [0.2, 0.25) is 5.91 Å². The summed E-state index contributed by atoms with van der Waals surface area (Å²) >= 11 is 0. The quantitative estimate of drug-likeness (QED) is 0.524. The Balaban J connectivity index is 4.75. The zero-order chi connectivity index (χ0) is 11.4. The number of amides is 1. The molecule has 0 fully saturated rings. The Hall–Kier alpha value is -0.880. The minimum Gasteiger partial charge on any atom is -0.334 e. The average Bonchev–Trinajstić information content (AvgIpc) is 2.10. The van der Waals surface area contributed by atoms with Crippen LogP contribution in [-0.4, -0.2) is 24.3 Å². The molecule has 0 aliphatic heterocycles. The van der Waals surface area contributed by atoms with Gasteiger partial charge in [0.15, 0.2) is 5.37 Å². The van der Waals surface area contributed by atoms with E-state index < -0.39 is 21.4 Å². The van der Waals surface area contributed by atoms with Crippen LogP contribution in [0.1, 0.15) is 20.3 Å². The van der Waals surface area contributed by atoms with Crippen LogP contribution in [0.2, 0.25) is 0 Å². The summed E-state index contributed by atoms with van der Waals surface area (Å²) < 4.78 is 30.6. The lowest BCUT2D eigenvalue weighted by Crippen LogP contribution is -2.44. The first-order valence-electron chi connectivity index (χ1n) is 4.22. The minimum absolute atomic E-state index is 0.353. The van der Waals surface area contributed by atoms with Crippen molar-refractivity contribution in [3.8, 4) is 0 Å². The van der Waals surface area contributed by atoms with Crippen LogP contribution < -0.4 is 5.32 Å². The van der Waals surface area contributed by atoms with Crippen molar-refractivity contribution >= 4 is 16.0 Å². The molecule has 0 aromatic heterocycles. The maximum absolute atomic E-state index is 10.9. The van der Waals surface area contributed by atoms with Gasteiger partial charge in [0.25, 0.3) is 10.1 Å². The van der Waals surface area contributed by atoms with E-state index in [2.05, 4.69) is 11.9 Å². The summed E-state index contributed by atoms with van der Waals surface area (Å²) in [5.74, 6) is -0.971. The van der Waals surface area contributed by atoms with Gasteiger partial charge in [-0.05, 0) is 12.0 Å². The summed E-state index contributed by atoms with van der Waals surface area (Å²) in [6.07, 6.45) is 1.49. The third kappa shape index (κ3) is 3.89. The van der Waals surface area contributed by atoms with Gasteiger partial charge >= 0.3 is 0 Å². The minimum atomic E-state index is -4.26. The Morgan fingerprint density at radius 1 is 1.64 bits per heavy atom. The van der Waals surface area contributed by atoms with Crippen LogP contribution in [0.3, 0.4) is 0 Å². The van der Waals surface area contributed by atoms with Gasteiger partial charge in [-0.3, -0.25) is 9.35 Å². The van der Waals surface area contributed by atoms with Gasteiger partial charge < -0.3 is 5.32 Å². The highest BCUT2D eigenvalue weighted by molar-refractivity contribution is 7.86. The van der Waals surface area contributed by atoms with Crippen LogP contribution >= 0.6 is 0 Å². The number of carbonyl (C=O) groups excluding carboxylic acids is 1. The largest absolute Gasteiger partial charge is 0.334 e. The lowest BCUT2D eigenvalue weighted by Gasteiger charge is -2.20. The van der Waals surface area contributed by atoms with Crippen molar-refractivity contribution in [2.45, 2.75) is 25.6 Å². The van der Waals surface area contributed by atoms with Gasteiger partial charge in [0, 0.05) is 0 Å². The Morgan fingerprint density at radius 3 is 2.43 bits per heavy atom. The summed E-state index contributed by atoms with van der Waals surface area (Å²) in [4.78, 5) is 10.9. The molecule has 0 aromatic carbocycles. The average molecular weight is 221 g/mol. The third-order valence-electron chi connectivity index (χ3n) is 1.95. The normalized spacial score (nSPS) is 15.6. The lowest BCUT2D eigenvalue weighted by molar-refractivity contribution is -0.117. The molecule has 0 bridgehead atoms. The second-order valence-electron chi connectivity index (χ2n) is 3.03. The molecule has 2 unspecified atom stereocenters. The Kier molecular flexibility index (Phi) is 4.79. The van der Waals surface area contributed by atoms with E-state index in [1.54, 1.807) is 13.8 Å². The summed E-state index contributed by atoms with van der Waals surface area (Å²) in [6.45, 7) is 6.59. The SMILES string of the molecule is C=CC(=O)NC(C(C)CC)S(=O)(=O)O. The maximum atomic E-state index is 10.9. The van der Waals surface area contributed by atoms with Gasteiger partial charge in [-0.2, -0.15) is 8.42 Å². The maximum Gasteiger partial charge on any atom is 0.286 e. The van der Waals surface area contributed by atoms with Crippen LogP contribution in [0.4, 0.5) is 0 Å². The van der Waals surface area contributed by atoms with Crippen molar-refractivity contribution in [3.05, 3.63) is 12.7 Å². The smallest absolute Gasteiger partial charge is 0.286 e. The molecule has 0 aliphatic carbocycles. The molecular formula is C8H15NO4S. The summed E-state index contributed by atoms with van der Waals surface area (Å²) in [5, 5.41) is 0.897. The molecule has 6 heteroatoms. The predicted octanol–water partition coefficient (Wildman–Crippen LogP) is 0.549. The van der Waals surface area contributed by atoms with E-state index in [4.69, 9.17) is 4.55 Å². The predicted molar refractivity (Wildman–Crippen MR) is 53.1 cm³/mol. The molecule has 1 amide bonds. The van der Waals surface area contributed by atoms with Crippen molar-refractivity contribution in [3.63, 3.8) is 0 Å². The topological polar surface area (TPSA) is 83.5 Å². The zero-order valence-electron chi connectivity index (χ0n) is 8.23. The van der Waals surface area contributed by atoms with E-state index in [0.717, 1.165) is 6.08 Å². The van der Waals surface area contributed by atoms with Crippen molar-refractivity contribution in [2.75, 3.05) is 0 Å². The van der Waals surface area contributed by atoms with E-state index in [0.29, 0.717) is 6.42 Å². The molecule has 0 heterocycles. The van der Waals surface area contributed by atoms with E-state index >= 15 is 0 Å². The molecule has 0 aromatic rings. The standard InChI is InChI=1S/C8H15NO4S/c1-4-6(3)8(14(11,12)13)9-7(10)5-2/h5-6,8H,2,4H2,1,3H3,(H,9,10)(H,11,12,13). The fourth-order valence-electron chi connectivity index (χ4n) is 0.924. The molecule has 2 atom stereocenters. The Bertz CT molecular complexity index is 309. The zero-order valence-corrected chi connectivity index (χ0v) is 9.04. The second kappa shape index (κ2) is 5.11. The van der Waals surface area contributed by atoms with Gasteiger partial charge in [-0.1, -0.05) is 26.8 Å². The van der Waals surface area contributed by atoms with Gasteiger partial charge in [0.05, 0.1) is 0 Å². The van der Waals surface area contributed by atoms with Gasteiger partial charge in [0.1, 0.15) is 0 Å². The van der Waals surface area contributed by atoms with E-state index in [-0.39, 0.29) is 5.92 Å². The van der Waals surface area contributed by atoms with E-state index in [1.165, 1.54) is 0 Å². The number of hydrogen-bond donors (Lipinski definition) is 2. The number of nitrogens with one attached hydrogen (secondary N) is 1. The number of carbonyl (C=O) groups is 1. The first-order valence-corrected chi connectivity index (χ1v) is 5.72. The summed E-state index contributed by atoms with van der Waals surface area (Å²) in [7, 11) is -4.26. The fourth-order valence-corrected chi connectivity index (χ4v) is 1.97. The van der Waals surface area contributed by atoms with Crippen molar-refractivity contribution in [2.24, 2.45) is 5.92 Å². The Labute approximate surface area is 83.9 Å². The fraction of sp³-hybridized carbons (Fsp3) is 0.625. The third-order valence-corrected chi connectivity index (χ3v) is 3.18. The molecule has 82 valence electrons. The highest BCUT2D eigenvalue weighted by atomic mass is 32.2. The molecule has 2 N–H and O–H groups in total. The van der Waals surface area contributed by atoms with Crippen LogP contribution in [0, 0.1) is 5.92 Å². The first kappa shape index (κ1) is 13.1. The Morgan fingerprint density at radius 2 is 2.14 bits per heavy atom. The monoisotopic (exact) mass is 221 g/mol. The number of hydrogen-bond acceptors (Lipinski definition) is 3. The number of rotatable bonds is 5. The van der Waals surface area contributed by atoms with Crippen molar-refractivity contribution in [1.82, 2.24) is 5.32 Å². The van der Waals surface area contributed by atoms with Gasteiger partial charge in [-0.25, -0.2) is 0 Å². The van der Waals surface area contributed by atoms with Crippen LogP contribution in [0.15, 0.2) is 12.7 Å². The van der Waals surface area contributed by atoms with Crippen LogP contribution in [-0.2, 0) is 14.9 Å². The van der Waals surface area contributed by atoms with E-state index in [9.17, 15) is 13.2 Å². The molecule has 0 rings (SSSR count). The molecule has 5 nitrogen and oxygen atoms in total. The highest BCUT2D eigenvalue weighted by Crippen LogP contribution is 2.12. The van der Waals surface area contributed by atoms with Crippen LogP contribution in [0.25, 0.3) is 0 Å². The molecule has 0 radical (unpaired) electrons. The first-order chi connectivity index (χ1) is 6.32. The second-order valence-corrected chi connectivity index (χ2v) is 4.57. The summed E-state index contributed by atoms with van der Waals surface area (Å²) in [6, 6.07) is 0. The van der Waals surface area contributed by atoms with Crippen LogP contribution in [0.5, 0.6) is 0 Å². The molecule has 0 aliphatic rings. The van der Waals surface area contributed by atoms with Gasteiger partial charge in [-0.15, -0.1) is 0 Å². The highest BCUT2D eigenvalue weighted by Gasteiger charge is 2.28. The molecule has 14 heavy (non-hydrogen) atoms. The van der Waals surface area contributed by atoms with Crippen molar-refractivity contribution in [1.29, 1.82) is 0 Å². The lowest BCUT2D eigenvalue weighted by atomic mass is 10.1. The molecular weight excluding hydrogens is 206 g/mol.